The van der Waals surface area contributed by atoms with E-state index in [4.69, 9.17) is 43.1 Å². The van der Waals surface area contributed by atoms with E-state index in [0.29, 0.717) is 68.4 Å². The fraction of sp³-hybridized carbons (Fsp3) is 0.544. The van der Waals surface area contributed by atoms with Crippen molar-refractivity contribution in [2.45, 2.75) is 151 Å². The molecule has 3 aromatic carbocycles. The molecule has 5 fully saturated rings. The smallest absolute Gasteiger partial charge is 0.297 e. The Morgan fingerprint density at radius 1 is 0.857 bits per heavy atom. The van der Waals surface area contributed by atoms with E-state index < -0.39 is 43.1 Å². The van der Waals surface area contributed by atoms with Crippen LogP contribution in [0.25, 0.3) is 11.0 Å². The van der Waals surface area contributed by atoms with Crippen molar-refractivity contribution in [3.63, 3.8) is 0 Å². The number of aromatic amines is 1. The largest absolute Gasteiger partial charge is 0.492 e. The van der Waals surface area contributed by atoms with Gasteiger partial charge in [0.1, 0.15) is 41.1 Å². The minimum absolute atomic E-state index is 0.00162. The van der Waals surface area contributed by atoms with Crippen LogP contribution in [0.3, 0.4) is 0 Å². The Morgan fingerprint density at radius 2 is 1.66 bits per heavy atom. The molecule has 5 atom stereocenters. The second-order valence-electron chi connectivity index (χ2n) is 28.0. The number of anilines is 4. The monoisotopic (exact) mass is 1260 g/mol. The number of amides is 1. The van der Waals surface area contributed by atoms with Crippen LogP contribution in [-0.2, 0) is 35.2 Å². The highest BCUT2D eigenvalue weighted by Gasteiger charge is 2.53. The number of piperazine rings is 1. The topological polar surface area (TPSA) is 238 Å². The number of nitrogens with one attached hydrogen (secondary N) is 3. The summed E-state index contributed by atoms with van der Waals surface area (Å²) < 4.78 is 75.4. The van der Waals surface area contributed by atoms with Crippen molar-refractivity contribution in [1.29, 1.82) is 0 Å². The van der Waals surface area contributed by atoms with E-state index >= 15 is 4.79 Å². The van der Waals surface area contributed by atoms with E-state index in [9.17, 15) is 18.5 Å². The summed E-state index contributed by atoms with van der Waals surface area (Å²) in [5, 5.41) is 16.8. The molecule has 482 valence electrons. The van der Waals surface area contributed by atoms with Crippen molar-refractivity contribution in [2.24, 2.45) is 11.3 Å². The minimum atomic E-state index is -4.74. The molecule has 9 aliphatic rings. The lowest BCUT2D eigenvalue weighted by atomic mass is 9.59. The van der Waals surface area contributed by atoms with Gasteiger partial charge < -0.3 is 53.3 Å². The van der Waals surface area contributed by atoms with Crippen LogP contribution in [0.1, 0.15) is 138 Å². The number of nitro groups is 1. The third-order valence-electron chi connectivity index (χ3n) is 21.2. The Bertz CT molecular complexity index is 3930. The standard InChI is InChI=1S/C68H82N10O12S/c1-40(2)89-55-10-8-7-9-46(55)53-36-75(54-38-88-67(5,6)62-59(54)60-57(35-70-62)86-28-19-66(60,3)4)23-24-76(53)44-33-68(34-44)17-21-74(22-18-68)43-11-12-47(50(30-43)77-49-16-27-85-39-58(49)90-65-52(77)29-42-13-20-69-63(42)72-65)64(79)73-91(82,83)45-31-51(78(80)81)61-56(32-45)87-37-48(71-61)41-14-25-84-26-15-41/h7-13,20,29-32,35,40-41,44,48-49,53-54,58,71H,14-19,21-28,33-34,36-39H2,1-6H3,(H,69,72)(H,73,79)/t48-,49-,53-,54+,58-/m0/s1. The number of hydrogen-bond acceptors (Lipinski definition) is 19. The van der Waals surface area contributed by atoms with Gasteiger partial charge >= 0.3 is 0 Å². The second kappa shape index (κ2) is 23.1. The third-order valence-corrected chi connectivity index (χ3v) is 22.6. The summed E-state index contributed by atoms with van der Waals surface area (Å²) in [6.45, 7) is 20.6. The summed E-state index contributed by atoms with van der Waals surface area (Å²) in [7, 11) is -4.74. The third kappa shape index (κ3) is 10.9. The van der Waals surface area contributed by atoms with Crippen molar-refractivity contribution in [1.82, 2.24) is 29.5 Å². The van der Waals surface area contributed by atoms with E-state index in [1.807, 2.05) is 36.7 Å². The van der Waals surface area contributed by atoms with Crippen molar-refractivity contribution in [2.75, 3.05) is 94.1 Å². The molecule has 15 rings (SSSR count). The predicted octanol–water partition coefficient (Wildman–Crippen LogP) is 10.2. The minimum Gasteiger partial charge on any atom is -0.492 e. The highest BCUT2D eigenvalue weighted by molar-refractivity contribution is 7.90. The van der Waals surface area contributed by atoms with E-state index in [2.05, 4.69) is 100 Å². The number of para-hydroxylation sites is 1. The van der Waals surface area contributed by atoms with Gasteiger partial charge in [-0.05, 0) is 132 Å². The van der Waals surface area contributed by atoms with Crippen LogP contribution in [-0.4, -0.2) is 153 Å². The number of nitrogens with zero attached hydrogens (tertiary/aromatic N) is 7. The van der Waals surface area contributed by atoms with Gasteiger partial charge in [-0.15, -0.1) is 0 Å². The molecule has 3 aromatic heterocycles. The van der Waals surface area contributed by atoms with Crippen LogP contribution in [0.4, 0.5) is 28.4 Å². The summed E-state index contributed by atoms with van der Waals surface area (Å²) in [4.78, 5) is 49.7. The van der Waals surface area contributed by atoms with Gasteiger partial charge in [-0.1, -0.05) is 32.0 Å². The molecule has 4 saturated heterocycles. The SMILES string of the molecule is CC(C)Oc1ccccc1[C@@H]1CN([C@@H]2COC(C)(C)c3ncc4c(c32)C(C)(C)CCO4)CCN1C1CC2(CCN(c3ccc(C(=O)NS(=O)(=O)c4cc5c(c([N+](=O)[O-])c4)N[C@H](C4CCOCC4)CO5)c(N4c5cc6cc[nH]c6nc5O[C@H]5COCC[C@@H]54)c3)CC2)C1. The summed E-state index contributed by atoms with van der Waals surface area (Å²) in [6.07, 6.45) is 10.4. The van der Waals surface area contributed by atoms with Gasteiger partial charge in [0.25, 0.3) is 21.6 Å². The van der Waals surface area contributed by atoms with Crippen molar-refractivity contribution < 1.29 is 51.3 Å². The van der Waals surface area contributed by atoms with Gasteiger partial charge in [-0.25, -0.2) is 13.1 Å². The van der Waals surface area contributed by atoms with E-state index in [0.717, 1.165) is 112 Å². The number of pyridine rings is 2. The first-order valence-electron chi connectivity index (χ1n) is 32.6. The Kier molecular flexibility index (Phi) is 15.2. The molecule has 8 aliphatic heterocycles. The lowest BCUT2D eigenvalue weighted by Gasteiger charge is -2.59. The van der Waals surface area contributed by atoms with Gasteiger partial charge in [-0.3, -0.25) is 29.7 Å². The first-order chi connectivity index (χ1) is 43.8. The number of rotatable bonds is 12. The second-order valence-corrected chi connectivity index (χ2v) is 29.7. The van der Waals surface area contributed by atoms with Crippen LogP contribution >= 0.6 is 0 Å². The van der Waals surface area contributed by atoms with Crippen LogP contribution in [0.15, 0.2) is 84.0 Å². The Labute approximate surface area is 530 Å². The van der Waals surface area contributed by atoms with Crippen molar-refractivity contribution in [3.05, 3.63) is 117 Å². The quantitative estimate of drug-likeness (QED) is 0.0763. The zero-order chi connectivity index (χ0) is 62.7. The molecule has 1 aliphatic carbocycles. The molecule has 1 spiro atoms. The van der Waals surface area contributed by atoms with Crippen molar-refractivity contribution in [3.8, 4) is 23.1 Å². The number of hydrogen-bond donors (Lipinski definition) is 3. The maximum absolute atomic E-state index is 15.1. The number of fused-ring (bicyclic) bond motifs is 7. The first kappa shape index (κ1) is 60.0. The van der Waals surface area contributed by atoms with Crippen LogP contribution in [0.2, 0.25) is 0 Å². The molecule has 0 radical (unpaired) electrons. The molecule has 6 aromatic rings. The van der Waals surface area contributed by atoms with E-state index in [1.165, 1.54) is 22.8 Å². The molecule has 0 unspecified atom stereocenters. The molecule has 1 amide bonds. The molecule has 11 heterocycles. The van der Waals surface area contributed by atoms with Crippen LogP contribution in [0.5, 0.6) is 23.1 Å². The average molecular weight is 1260 g/mol. The van der Waals surface area contributed by atoms with Gasteiger partial charge in [0.2, 0.25) is 5.88 Å². The molecular formula is C68H82N10O12S. The van der Waals surface area contributed by atoms with E-state index in [1.54, 1.807) is 6.07 Å². The Morgan fingerprint density at radius 3 is 2.46 bits per heavy atom. The number of nitro benzene ring substituents is 1. The van der Waals surface area contributed by atoms with Crippen LogP contribution < -0.4 is 38.8 Å². The van der Waals surface area contributed by atoms with Crippen LogP contribution in [0, 0.1) is 21.4 Å². The maximum Gasteiger partial charge on any atom is 0.297 e. The number of aromatic nitrogens is 3. The predicted molar refractivity (Wildman–Crippen MR) is 342 cm³/mol. The van der Waals surface area contributed by atoms with Gasteiger partial charge in [-0.2, -0.15) is 4.98 Å². The summed E-state index contributed by atoms with van der Waals surface area (Å²) >= 11 is 0. The number of carbonyl (C=O) groups excluding carboxylic acids is 1. The molecule has 1 saturated carbocycles. The highest BCUT2D eigenvalue weighted by atomic mass is 32.2. The lowest BCUT2D eigenvalue weighted by Crippen LogP contribution is -2.60. The number of benzene rings is 3. The zero-order valence-corrected chi connectivity index (χ0v) is 53.5. The molecule has 3 N–H and O–H groups in total. The molecule has 91 heavy (non-hydrogen) atoms. The molecular weight excluding hydrogens is 1180 g/mol. The molecule has 22 nitrogen and oxygen atoms in total. The normalized spacial score (nSPS) is 26.1. The number of sulfonamides is 1. The first-order valence-corrected chi connectivity index (χ1v) is 34.1. The van der Waals surface area contributed by atoms with Gasteiger partial charge in [0.15, 0.2) is 11.4 Å². The average Bonchev–Trinajstić information content (AvgIpc) is 0.892. The molecule has 23 heteroatoms. The van der Waals surface area contributed by atoms with Gasteiger partial charge in [0.05, 0.1) is 83.1 Å². The summed E-state index contributed by atoms with van der Waals surface area (Å²) in [5.74, 6) is 1.44. The van der Waals surface area contributed by atoms with Gasteiger partial charge in [0, 0.05) is 105 Å². The maximum atomic E-state index is 15.1. The Hall–Kier alpha value is -7.28. The number of ether oxygens (including phenoxy) is 7. The fourth-order valence-corrected chi connectivity index (χ4v) is 17.4. The lowest BCUT2D eigenvalue weighted by molar-refractivity contribution is -0.384. The molecule has 0 bridgehead atoms. The number of H-pyrrole nitrogens is 1. The Balaban J connectivity index is 0.709. The number of carbonyl (C=O) groups is 1. The summed E-state index contributed by atoms with van der Waals surface area (Å²) in [5.41, 5.74) is 6.60. The van der Waals surface area contributed by atoms with E-state index in [-0.39, 0.29) is 77.2 Å². The fourth-order valence-electron chi connectivity index (χ4n) is 16.4. The summed E-state index contributed by atoms with van der Waals surface area (Å²) in [6, 6.07) is 20.2. The van der Waals surface area contributed by atoms with Crippen molar-refractivity contribution >= 4 is 55.4 Å². The number of piperidine rings is 1. The highest BCUT2D eigenvalue weighted by Crippen LogP contribution is 2.56. The zero-order valence-electron chi connectivity index (χ0n) is 52.7.